The summed E-state index contributed by atoms with van der Waals surface area (Å²) in [5.74, 6) is -4.26. The lowest BCUT2D eigenvalue weighted by atomic mass is 9.88. The minimum absolute atomic E-state index is 0.115. The number of amides is 2. The summed E-state index contributed by atoms with van der Waals surface area (Å²) in [5.41, 5.74) is -0.0532. The number of ether oxygens (including phenoxy) is 2. The van der Waals surface area contributed by atoms with Crippen LogP contribution in [0.2, 0.25) is 0 Å². The number of fused-ring (bicyclic) bond motifs is 2. The van der Waals surface area contributed by atoms with Crippen LogP contribution in [0.5, 0.6) is 11.5 Å². The number of hydrogen-bond acceptors (Lipinski definition) is 8. The van der Waals surface area contributed by atoms with Crippen LogP contribution in [-0.2, 0) is 19.1 Å². The third kappa shape index (κ3) is 6.01. The smallest absolute Gasteiger partial charge is 0.328 e. The van der Waals surface area contributed by atoms with Crippen molar-refractivity contribution in [1.82, 2.24) is 10.6 Å². The number of methoxy groups -OCH3 is 2. The molecule has 0 spiro atoms. The Balaban J connectivity index is 1.98. The molecule has 2 atom stereocenters. The van der Waals surface area contributed by atoms with Gasteiger partial charge >= 0.3 is 11.9 Å². The van der Waals surface area contributed by atoms with E-state index < -0.39 is 47.3 Å². The topological polar surface area (TPSA) is 151 Å². The van der Waals surface area contributed by atoms with Crippen molar-refractivity contribution in [1.29, 1.82) is 0 Å². The Morgan fingerprint density at radius 1 is 0.614 bits per heavy atom. The van der Waals surface area contributed by atoms with Crippen molar-refractivity contribution in [3.05, 3.63) is 71.8 Å². The quantitative estimate of drug-likeness (QED) is 0.198. The van der Waals surface area contributed by atoms with Crippen LogP contribution in [0.4, 0.5) is 0 Å². The second-order valence-corrected chi connectivity index (χ2v) is 11.2. The zero-order chi connectivity index (χ0) is 32.3. The van der Waals surface area contributed by atoms with Crippen LogP contribution < -0.4 is 10.6 Å². The normalized spacial score (nSPS) is 12.6. The van der Waals surface area contributed by atoms with E-state index in [1.54, 1.807) is 76.2 Å². The number of carbonyl (C=O) groups excluding carboxylic acids is 4. The maximum atomic E-state index is 13.6. The summed E-state index contributed by atoms with van der Waals surface area (Å²) in [6.45, 7) is 6.99. The molecule has 10 nitrogen and oxygen atoms in total. The van der Waals surface area contributed by atoms with Gasteiger partial charge in [0.1, 0.15) is 23.6 Å². The SMILES string of the molecule is COC(=O)[C@@H](NC(=O)c1cc2ccccc2c(-c2c(O)c(C(=O)N[C@H](C(=O)OC)C(C)C)cc3ccccc23)c1O)C(C)C. The fourth-order valence-electron chi connectivity index (χ4n) is 5.21. The zero-order valence-corrected chi connectivity index (χ0v) is 25.4. The fraction of sp³-hybridized carbons (Fsp3) is 0.294. The largest absolute Gasteiger partial charge is 0.506 e. The van der Waals surface area contributed by atoms with Gasteiger partial charge in [-0.15, -0.1) is 0 Å². The molecule has 4 N–H and O–H groups in total. The van der Waals surface area contributed by atoms with Crippen LogP contribution in [0.15, 0.2) is 60.7 Å². The van der Waals surface area contributed by atoms with Crippen LogP contribution >= 0.6 is 0 Å². The molecule has 10 heteroatoms. The van der Waals surface area contributed by atoms with E-state index in [0.717, 1.165) is 0 Å². The van der Waals surface area contributed by atoms with Crippen molar-refractivity contribution in [2.75, 3.05) is 14.2 Å². The van der Waals surface area contributed by atoms with Gasteiger partial charge in [0.15, 0.2) is 0 Å². The number of esters is 2. The highest BCUT2D eigenvalue weighted by atomic mass is 16.5. The number of carbonyl (C=O) groups is 4. The van der Waals surface area contributed by atoms with E-state index in [4.69, 9.17) is 9.47 Å². The van der Waals surface area contributed by atoms with Crippen LogP contribution in [0.1, 0.15) is 48.4 Å². The van der Waals surface area contributed by atoms with Gasteiger partial charge in [-0.1, -0.05) is 76.2 Å². The molecule has 4 aromatic carbocycles. The van der Waals surface area contributed by atoms with E-state index in [9.17, 15) is 29.4 Å². The molecular formula is C34H36N2O8. The Bertz CT molecular complexity index is 1630. The molecule has 0 saturated heterocycles. The van der Waals surface area contributed by atoms with E-state index in [-0.39, 0.29) is 34.1 Å². The standard InChI is InChI=1S/C34H36N2O8/c1-17(2)27(33(41)43-5)35-31(39)23-15-19-11-7-9-13-21(19)25(29(23)37)26-22-14-10-8-12-20(22)16-24(30(26)38)32(40)36-28(18(3)4)34(42)44-6/h7-18,27-28,37-38H,1-6H3,(H,35,39)(H,36,40)/t27-,28-/m0/s1. The van der Waals surface area contributed by atoms with Gasteiger partial charge in [0.2, 0.25) is 0 Å². The Morgan fingerprint density at radius 3 is 1.27 bits per heavy atom. The average Bonchev–Trinajstić information content (AvgIpc) is 3.01. The molecule has 44 heavy (non-hydrogen) atoms. The number of phenolic OH excluding ortho intramolecular Hbond substituents is 2. The predicted molar refractivity (Wildman–Crippen MR) is 166 cm³/mol. The highest BCUT2D eigenvalue weighted by Crippen LogP contribution is 2.47. The monoisotopic (exact) mass is 600 g/mol. The van der Waals surface area contributed by atoms with E-state index in [1.807, 2.05) is 0 Å². The van der Waals surface area contributed by atoms with Crippen LogP contribution in [0.3, 0.4) is 0 Å². The lowest BCUT2D eigenvalue weighted by Crippen LogP contribution is -2.45. The van der Waals surface area contributed by atoms with Crippen LogP contribution in [-0.4, -0.2) is 60.3 Å². The third-order valence-electron chi connectivity index (χ3n) is 7.60. The summed E-state index contributed by atoms with van der Waals surface area (Å²) in [6.07, 6.45) is 0. The molecule has 0 radical (unpaired) electrons. The summed E-state index contributed by atoms with van der Waals surface area (Å²) < 4.78 is 9.70. The maximum Gasteiger partial charge on any atom is 0.328 e. The van der Waals surface area contributed by atoms with Crippen molar-refractivity contribution >= 4 is 45.3 Å². The Labute approximate surface area is 255 Å². The summed E-state index contributed by atoms with van der Waals surface area (Å²) in [4.78, 5) is 51.9. The molecular weight excluding hydrogens is 564 g/mol. The molecule has 2 amide bonds. The van der Waals surface area contributed by atoms with Gasteiger partial charge in [-0.3, -0.25) is 9.59 Å². The van der Waals surface area contributed by atoms with Crippen LogP contribution in [0.25, 0.3) is 32.7 Å². The highest BCUT2D eigenvalue weighted by Gasteiger charge is 2.31. The average molecular weight is 601 g/mol. The molecule has 0 saturated carbocycles. The van der Waals surface area contributed by atoms with E-state index in [1.165, 1.54) is 26.4 Å². The second kappa shape index (κ2) is 13.0. The van der Waals surface area contributed by atoms with Gasteiger partial charge in [-0.2, -0.15) is 0 Å². The van der Waals surface area contributed by atoms with E-state index >= 15 is 0 Å². The predicted octanol–water partition coefficient (Wildman–Crippen LogP) is 4.93. The van der Waals surface area contributed by atoms with E-state index in [0.29, 0.717) is 21.5 Å². The van der Waals surface area contributed by atoms with Crippen molar-refractivity contribution < 1.29 is 38.9 Å². The van der Waals surface area contributed by atoms with Crippen molar-refractivity contribution in [2.24, 2.45) is 11.8 Å². The molecule has 0 aliphatic heterocycles. The number of phenols is 2. The first kappa shape index (κ1) is 31.8. The van der Waals surface area contributed by atoms with Gasteiger partial charge in [-0.25, -0.2) is 9.59 Å². The highest BCUT2D eigenvalue weighted by molar-refractivity contribution is 6.17. The summed E-state index contributed by atoms with van der Waals surface area (Å²) in [6, 6.07) is 15.0. The molecule has 0 heterocycles. The second-order valence-electron chi connectivity index (χ2n) is 11.2. The number of aromatic hydroxyl groups is 2. The maximum absolute atomic E-state index is 13.6. The van der Waals surface area contributed by atoms with E-state index in [2.05, 4.69) is 10.6 Å². The molecule has 0 aromatic heterocycles. The molecule has 4 rings (SSSR count). The first-order valence-electron chi connectivity index (χ1n) is 14.2. The van der Waals surface area contributed by atoms with Gasteiger partial charge in [0.25, 0.3) is 11.8 Å². The molecule has 0 bridgehead atoms. The lowest BCUT2D eigenvalue weighted by Gasteiger charge is -2.22. The number of rotatable bonds is 9. The van der Waals surface area contributed by atoms with Crippen molar-refractivity contribution in [3.8, 4) is 22.6 Å². The molecule has 0 fully saturated rings. The van der Waals surface area contributed by atoms with Gasteiger partial charge in [-0.05, 0) is 45.5 Å². The first-order chi connectivity index (χ1) is 20.9. The molecule has 0 aliphatic carbocycles. The number of benzene rings is 4. The lowest BCUT2D eigenvalue weighted by molar-refractivity contribution is -0.144. The number of hydrogen-bond donors (Lipinski definition) is 4. The molecule has 4 aromatic rings. The first-order valence-corrected chi connectivity index (χ1v) is 14.2. The fourth-order valence-corrected chi connectivity index (χ4v) is 5.21. The van der Waals surface area contributed by atoms with Crippen molar-refractivity contribution in [3.63, 3.8) is 0 Å². The number of nitrogens with one attached hydrogen (secondary N) is 2. The molecule has 230 valence electrons. The minimum atomic E-state index is -0.980. The zero-order valence-electron chi connectivity index (χ0n) is 25.4. The summed E-state index contributed by atoms with van der Waals surface area (Å²) in [5, 5.41) is 30.9. The van der Waals surface area contributed by atoms with Crippen molar-refractivity contribution in [2.45, 2.75) is 39.8 Å². The molecule has 0 unspecified atom stereocenters. The third-order valence-corrected chi connectivity index (χ3v) is 7.60. The summed E-state index contributed by atoms with van der Waals surface area (Å²) in [7, 11) is 2.45. The Hall–Kier alpha value is -5.12. The van der Waals surface area contributed by atoms with Gasteiger partial charge < -0.3 is 30.3 Å². The summed E-state index contributed by atoms with van der Waals surface area (Å²) >= 11 is 0. The van der Waals surface area contributed by atoms with Gasteiger partial charge in [0.05, 0.1) is 25.3 Å². The minimum Gasteiger partial charge on any atom is -0.506 e. The Morgan fingerprint density at radius 2 is 0.955 bits per heavy atom. The van der Waals surface area contributed by atoms with Crippen LogP contribution in [0, 0.1) is 11.8 Å². The molecule has 0 aliphatic rings. The van der Waals surface area contributed by atoms with Gasteiger partial charge in [0, 0.05) is 11.1 Å². The Kier molecular flexibility index (Phi) is 9.42.